The van der Waals surface area contributed by atoms with E-state index < -0.39 is 79.5 Å². The van der Waals surface area contributed by atoms with Gasteiger partial charge in [0.05, 0.1) is 37.8 Å². The van der Waals surface area contributed by atoms with Crippen molar-refractivity contribution in [2.75, 3.05) is 13.7 Å². The average Bonchev–Trinajstić information content (AvgIpc) is 2.92. The fourth-order valence-electron chi connectivity index (χ4n) is 4.16. The highest BCUT2D eigenvalue weighted by atomic mass is 16.8. The SMILES string of the molecule is COC(=O)C1=CO[C@@H](OC2OC(CO)C(O)C(O)C2O)[C@@H]2[C@H](C)[C@@H](O)[C@@H](O)[C@H]12. The van der Waals surface area contributed by atoms with Gasteiger partial charge in [0, 0.05) is 11.8 Å². The van der Waals surface area contributed by atoms with Crippen LogP contribution in [0, 0.1) is 17.8 Å². The van der Waals surface area contributed by atoms with Crippen molar-refractivity contribution in [3.8, 4) is 0 Å². The third-order valence-corrected chi connectivity index (χ3v) is 5.82. The lowest BCUT2D eigenvalue weighted by Gasteiger charge is -2.43. The monoisotopic (exact) mass is 406 g/mol. The number of hydrogen-bond acceptors (Lipinski definition) is 11. The van der Waals surface area contributed by atoms with Gasteiger partial charge in [-0.1, -0.05) is 6.92 Å². The first-order valence-corrected chi connectivity index (χ1v) is 8.98. The number of aliphatic hydroxyl groups is 6. The number of methoxy groups -OCH3 is 1. The van der Waals surface area contributed by atoms with E-state index in [0.717, 1.165) is 6.26 Å². The first-order chi connectivity index (χ1) is 13.2. The Morgan fingerprint density at radius 2 is 1.71 bits per heavy atom. The molecule has 0 amide bonds. The van der Waals surface area contributed by atoms with Crippen molar-refractivity contribution in [1.29, 1.82) is 0 Å². The van der Waals surface area contributed by atoms with Gasteiger partial charge in [0.25, 0.3) is 0 Å². The largest absolute Gasteiger partial charge is 0.472 e. The van der Waals surface area contributed by atoms with Gasteiger partial charge in [-0.15, -0.1) is 0 Å². The number of esters is 1. The van der Waals surface area contributed by atoms with Crippen LogP contribution in [-0.4, -0.2) is 99.5 Å². The number of carbonyl (C=O) groups is 1. The minimum absolute atomic E-state index is 0.0389. The third kappa shape index (κ3) is 3.42. The van der Waals surface area contributed by atoms with E-state index in [-0.39, 0.29) is 5.57 Å². The van der Waals surface area contributed by atoms with Crippen molar-refractivity contribution < 1.29 is 54.4 Å². The fraction of sp³-hybridized carbons (Fsp3) is 0.824. The van der Waals surface area contributed by atoms with Gasteiger partial charge in [-0.05, 0) is 5.92 Å². The van der Waals surface area contributed by atoms with Crippen molar-refractivity contribution in [2.24, 2.45) is 17.8 Å². The first kappa shape index (κ1) is 21.4. The molecule has 2 fully saturated rings. The molecule has 2 heterocycles. The first-order valence-electron chi connectivity index (χ1n) is 8.98. The quantitative estimate of drug-likeness (QED) is 0.260. The van der Waals surface area contributed by atoms with Gasteiger partial charge in [0.2, 0.25) is 6.29 Å². The van der Waals surface area contributed by atoms with Crippen molar-refractivity contribution in [2.45, 2.75) is 56.1 Å². The van der Waals surface area contributed by atoms with E-state index in [1.807, 2.05) is 0 Å². The van der Waals surface area contributed by atoms with E-state index >= 15 is 0 Å². The van der Waals surface area contributed by atoms with E-state index in [1.54, 1.807) is 6.92 Å². The van der Waals surface area contributed by atoms with Gasteiger partial charge < -0.3 is 49.6 Å². The summed E-state index contributed by atoms with van der Waals surface area (Å²) in [6.45, 7) is 1.02. The number of hydrogen-bond donors (Lipinski definition) is 6. The van der Waals surface area contributed by atoms with Crippen molar-refractivity contribution in [3.63, 3.8) is 0 Å². The molecule has 0 aromatic rings. The lowest BCUT2D eigenvalue weighted by molar-refractivity contribution is -0.343. The van der Waals surface area contributed by atoms with Crippen LogP contribution in [0.25, 0.3) is 0 Å². The number of rotatable bonds is 4. The molecule has 0 spiro atoms. The molecule has 3 aliphatic rings. The molecule has 2 aliphatic heterocycles. The van der Waals surface area contributed by atoms with E-state index in [1.165, 1.54) is 7.11 Å². The van der Waals surface area contributed by atoms with Crippen LogP contribution in [0.5, 0.6) is 0 Å². The van der Waals surface area contributed by atoms with E-state index in [9.17, 15) is 35.4 Å². The predicted octanol–water partition coefficient (Wildman–Crippen LogP) is -3.18. The van der Waals surface area contributed by atoms with Gasteiger partial charge in [0.15, 0.2) is 6.29 Å². The smallest absolute Gasteiger partial charge is 0.337 e. The molecule has 3 rings (SSSR count). The van der Waals surface area contributed by atoms with E-state index in [4.69, 9.17) is 18.9 Å². The summed E-state index contributed by atoms with van der Waals surface area (Å²) in [6.07, 6.45) is -9.96. The van der Waals surface area contributed by atoms with Crippen LogP contribution in [0.3, 0.4) is 0 Å². The second-order valence-corrected chi connectivity index (χ2v) is 7.35. The third-order valence-electron chi connectivity index (χ3n) is 5.82. The van der Waals surface area contributed by atoms with Crippen LogP contribution in [0.4, 0.5) is 0 Å². The summed E-state index contributed by atoms with van der Waals surface area (Å²) in [5.41, 5.74) is 0.0389. The van der Waals surface area contributed by atoms with Crippen molar-refractivity contribution in [1.82, 2.24) is 0 Å². The molecule has 5 unspecified atom stereocenters. The average molecular weight is 406 g/mol. The van der Waals surface area contributed by atoms with Crippen LogP contribution in [-0.2, 0) is 23.7 Å². The van der Waals surface area contributed by atoms with Crippen LogP contribution in [0.15, 0.2) is 11.8 Å². The molecule has 160 valence electrons. The molecule has 11 nitrogen and oxygen atoms in total. The maximum Gasteiger partial charge on any atom is 0.337 e. The maximum atomic E-state index is 12.0. The molecule has 0 radical (unpaired) electrons. The molecule has 0 bridgehead atoms. The summed E-state index contributed by atoms with van der Waals surface area (Å²) in [6, 6.07) is 0. The van der Waals surface area contributed by atoms with Gasteiger partial charge in [-0.25, -0.2) is 4.79 Å². The lowest BCUT2D eigenvalue weighted by Crippen LogP contribution is -2.60. The Morgan fingerprint density at radius 3 is 2.32 bits per heavy atom. The molecule has 11 atom stereocenters. The molecule has 1 aliphatic carbocycles. The van der Waals surface area contributed by atoms with E-state index in [0.29, 0.717) is 0 Å². The number of carbonyl (C=O) groups excluding carboxylic acids is 1. The molecule has 0 aromatic carbocycles. The predicted molar refractivity (Wildman–Crippen MR) is 88.0 cm³/mol. The van der Waals surface area contributed by atoms with Gasteiger partial charge in [-0.3, -0.25) is 0 Å². The second kappa shape index (κ2) is 8.20. The minimum Gasteiger partial charge on any atom is -0.472 e. The summed E-state index contributed by atoms with van der Waals surface area (Å²) in [5.74, 6) is -2.82. The molecule has 1 saturated heterocycles. The standard InChI is InChI=1S/C17H26O11/c1-5-8-9(12(21)10(5)19)6(15(24)25-2)4-26-16(8)28-17-14(23)13(22)11(20)7(3-18)27-17/h4-5,7-14,16-23H,3H2,1-2H3/t5-,7?,8+,9+,10+,11?,12-,13?,14?,16-,17?/m0/s1. The highest BCUT2D eigenvalue weighted by molar-refractivity contribution is 5.89. The normalized spacial score (nSPS) is 48.4. The molecule has 6 N–H and O–H groups in total. The highest BCUT2D eigenvalue weighted by Gasteiger charge is 2.57. The van der Waals surface area contributed by atoms with Crippen LogP contribution in [0.1, 0.15) is 6.92 Å². The zero-order valence-corrected chi connectivity index (χ0v) is 15.4. The zero-order chi connectivity index (χ0) is 20.7. The molecule has 11 heteroatoms. The molecule has 1 saturated carbocycles. The Hall–Kier alpha value is -1.31. The second-order valence-electron chi connectivity index (χ2n) is 7.35. The highest BCUT2D eigenvalue weighted by Crippen LogP contribution is 2.47. The summed E-state index contributed by atoms with van der Waals surface area (Å²) >= 11 is 0. The van der Waals surface area contributed by atoms with Crippen molar-refractivity contribution >= 4 is 5.97 Å². The Labute approximate surface area is 160 Å². The number of ether oxygens (including phenoxy) is 4. The minimum atomic E-state index is -1.64. The van der Waals surface area contributed by atoms with E-state index in [2.05, 4.69) is 0 Å². The van der Waals surface area contributed by atoms with Crippen molar-refractivity contribution in [3.05, 3.63) is 11.8 Å². The van der Waals surface area contributed by atoms with Crippen LogP contribution < -0.4 is 0 Å². The Kier molecular flexibility index (Phi) is 6.27. The van der Waals surface area contributed by atoms with Gasteiger partial charge >= 0.3 is 5.97 Å². The molecule has 28 heavy (non-hydrogen) atoms. The lowest BCUT2D eigenvalue weighted by atomic mass is 9.82. The zero-order valence-electron chi connectivity index (χ0n) is 15.4. The summed E-state index contributed by atoms with van der Waals surface area (Å²) in [7, 11) is 1.18. The summed E-state index contributed by atoms with van der Waals surface area (Å²) in [4.78, 5) is 12.0. The van der Waals surface area contributed by atoms with Crippen LogP contribution in [0.2, 0.25) is 0 Å². The molecular formula is C17H26O11. The van der Waals surface area contributed by atoms with Gasteiger partial charge in [0.1, 0.15) is 24.4 Å². The molecular weight excluding hydrogens is 380 g/mol. The Morgan fingerprint density at radius 1 is 1.04 bits per heavy atom. The topological polar surface area (TPSA) is 175 Å². The summed E-state index contributed by atoms with van der Waals surface area (Å²) in [5, 5.41) is 59.9. The van der Waals surface area contributed by atoms with Crippen LogP contribution >= 0.6 is 0 Å². The summed E-state index contributed by atoms with van der Waals surface area (Å²) < 4.78 is 21.1. The Balaban J connectivity index is 1.84. The number of fused-ring (bicyclic) bond motifs is 1. The molecule has 0 aromatic heterocycles. The number of aliphatic hydroxyl groups excluding tert-OH is 6. The fourth-order valence-corrected chi connectivity index (χ4v) is 4.16. The maximum absolute atomic E-state index is 12.0. The Bertz CT molecular complexity index is 608. The van der Waals surface area contributed by atoms with Gasteiger partial charge in [-0.2, -0.15) is 0 Å².